The second-order valence-corrected chi connectivity index (χ2v) is 5.74. The molecule has 1 heterocycles. The summed E-state index contributed by atoms with van der Waals surface area (Å²) in [5.41, 5.74) is -0.676. The normalized spacial score (nSPS) is 14.4. The molecule has 1 saturated carbocycles. The van der Waals surface area contributed by atoms with Crippen molar-refractivity contribution in [1.29, 1.82) is 0 Å². The summed E-state index contributed by atoms with van der Waals surface area (Å²) in [6.45, 7) is -0.173. The summed E-state index contributed by atoms with van der Waals surface area (Å²) in [5.74, 6) is -5.07. The third kappa shape index (κ3) is 3.46. The highest BCUT2D eigenvalue weighted by molar-refractivity contribution is 5.74. The van der Waals surface area contributed by atoms with Crippen molar-refractivity contribution in [2.24, 2.45) is 0 Å². The van der Waals surface area contributed by atoms with E-state index in [-0.39, 0.29) is 18.2 Å². The van der Waals surface area contributed by atoms with Gasteiger partial charge in [0.05, 0.1) is 12.1 Å². The first-order valence-electron chi connectivity index (χ1n) is 7.59. The SMILES string of the molecule is CNC(=O)N(Cc1ccc(-c2noc(C(F)(F)F)n2)c(F)c1F)C1CC1. The Kier molecular flexibility index (Phi) is 4.55. The van der Waals surface area contributed by atoms with Crippen LogP contribution in [0.5, 0.6) is 0 Å². The maximum Gasteiger partial charge on any atom is 0.471 e. The lowest BCUT2D eigenvalue weighted by molar-refractivity contribution is -0.159. The molecular formula is C15H13F5N4O2. The quantitative estimate of drug-likeness (QED) is 0.831. The van der Waals surface area contributed by atoms with Crippen LogP contribution in [-0.4, -0.2) is 34.2 Å². The molecule has 1 fully saturated rings. The summed E-state index contributed by atoms with van der Waals surface area (Å²) in [4.78, 5) is 16.2. The van der Waals surface area contributed by atoms with Crippen LogP contribution in [0.25, 0.3) is 11.4 Å². The second kappa shape index (κ2) is 6.54. The van der Waals surface area contributed by atoms with Crippen LogP contribution in [0.4, 0.5) is 26.7 Å². The minimum absolute atomic E-state index is 0.0522. The summed E-state index contributed by atoms with van der Waals surface area (Å²) < 4.78 is 70.2. The van der Waals surface area contributed by atoms with Gasteiger partial charge in [0.25, 0.3) is 0 Å². The Labute approximate surface area is 144 Å². The standard InChI is InChI=1S/C15H13F5N4O2/c1-21-14(25)24(8-3-4-8)6-7-2-5-9(11(17)10(7)16)12-22-13(26-23-12)15(18,19)20/h2,5,8H,3-4,6H2,1H3,(H,21,25). The van der Waals surface area contributed by atoms with Crippen LogP contribution in [0.1, 0.15) is 24.3 Å². The Balaban J connectivity index is 1.89. The Bertz CT molecular complexity index is 832. The van der Waals surface area contributed by atoms with Crippen molar-refractivity contribution in [3.05, 3.63) is 35.2 Å². The Morgan fingerprint density at radius 3 is 2.54 bits per heavy atom. The third-order valence-corrected chi connectivity index (χ3v) is 3.87. The van der Waals surface area contributed by atoms with Crippen molar-refractivity contribution < 1.29 is 31.3 Å². The number of hydrogen-bond donors (Lipinski definition) is 1. The first-order chi connectivity index (χ1) is 12.2. The van der Waals surface area contributed by atoms with Crippen LogP contribution >= 0.6 is 0 Å². The van der Waals surface area contributed by atoms with Gasteiger partial charge in [-0.05, 0) is 18.9 Å². The molecule has 2 amide bonds. The molecule has 1 aliphatic carbocycles. The highest BCUT2D eigenvalue weighted by atomic mass is 19.4. The number of halogens is 5. The summed E-state index contributed by atoms with van der Waals surface area (Å²) >= 11 is 0. The molecule has 1 N–H and O–H groups in total. The molecule has 3 rings (SSSR count). The topological polar surface area (TPSA) is 71.3 Å². The van der Waals surface area contributed by atoms with Gasteiger partial charge in [-0.25, -0.2) is 13.6 Å². The second-order valence-electron chi connectivity index (χ2n) is 5.74. The smallest absolute Gasteiger partial charge is 0.341 e. The van der Waals surface area contributed by atoms with Crippen LogP contribution in [0.2, 0.25) is 0 Å². The number of nitrogens with one attached hydrogen (secondary N) is 1. The zero-order valence-corrected chi connectivity index (χ0v) is 13.4. The number of alkyl halides is 3. The van der Waals surface area contributed by atoms with Gasteiger partial charge in [0, 0.05) is 18.7 Å². The van der Waals surface area contributed by atoms with Gasteiger partial charge in [0.15, 0.2) is 11.6 Å². The molecule has 26 heavy (non-hydrogen) atoms. The van der Waals surface area contributed by atoms with Crippen molar-refractivity contribution in [1.82, 2.24) is 20.4 Å². The van der Waals surface area contributed by atoms with Crippen molar-refractivity contribution in [3.63, 3.8) is 0 Å². The van der Waals surface area contributed by atoms with Gasteiger partial charge < -0.3 is 14.7 Å². The monoisotopic (exact) mass is 376 g/mol. The molecule has 0 bridgehead atoms. The number of amides is 2. The van der Waals surface area contributed by atoms with Crippen molar-refractivity contribution in [2.45, 2.75) is 31.6 Å². The molecular weight excluding hydrogens is 363 g/mol. The Morgan fingerprint density at radius 2 is 2.00 bits per heavy atom. The molecule has 1 aliphatic rings. The molecule has 0 atom stereocenters. The van der Waals surface area contributed by atoms with E-state index in [4.69, 9.17) is 0 Å². The number of nitrogens with zero attached hydrogens (tertiary/aromatic N) is 3. The summed E-state index contributed by atoms with van der Waals surface area (Å²) in [6.07, 6.45) is -3.37. The molecule has 0 radical (unpaired) electrons. The number of aromatic nitrogens is 2. The number of benzene rings is 1. The number of rotatable bonds is 4. The lowest BCUT2D eigenvalue weighted by atomic mass is 10.1. The van der Waals surface area contributed by atoms with E-state index in [0.717, 1.165) is 18.9 Å². The van der Waals surface area contributed by atoms with E-state index in [1.807, 2.05) is 0 Å². The van der Waals surface area contributed by atoms with Crippen molar-refractivity contribution in [2.75, 3.05) is 7.05 Å². The molecule has 1 aromatic carbocycles. The Hall–Kier alpha value is -2.72. The minimum atomic E-state index is -4.89. The molecule has 0 spiro atoms. The van der Waals surface area contributed by atoms with Gasteiger partial charge in [0.1, 0.15) is 0 Å². The number of urea groups is 1. The Morgan fingerprint density at radius 1 is 1.31 bits per heavy atom. The summed E-state index contributed by atoms with van der Waals surface area (Å²) in [5, 5.41) is 5.46. The first kappa shape index (κ1) is 18.1. The highest BCUT2D eigenvalue weighted by Crippen LogP contribution is 2.32. The van der Waals surface area contributed by atoms with E-state index in [2.05, 4.69) is 20.0 Å². The molecule has 140 valence electrons. The first-order valence-corrected chi connectivity index (χ1v) is 7.59. The van der Waals surface area contributed by atoms with Crippen LogP contribution in [0, 0.1) is 11.6 Å². The fraction of sp³-hybridized carbons (Fsp3) is 0.400. The van der Waals surface area contributed by atoms with Crippen molar-refractivity contribution in [3.8, 4) is 11.4 Å². The van der Waals surface area contributed by atoms with E-state index in [1.165, 1.54) is 18.0 Å². The van der Waals surface area contributed by atoms with E-state index in [9.17, 15) is 26.7 Å². The fourth-order valence-corrected chi connectivity index (χ4v) is 2.41. The molecule has 6 nitrogen and oxygen atoms in total. The van der Waals surface area contributed by atoms with Gasteiger partial charge in [-0.2, -0.15) is 18.2 Å². The van der Waals surface area contributed by atoms with Gasteiger partial charge >= 0.3 is 18.1 Å². The molecule has 2 aromatic rings. The largest absolute Gasteiger partial charge is 0.471 e. The van der Waals surface area contributed by atoms with Crippen LogP contribution in [0.3, 0.4) is 0 Å². The summed E-state index contributed by atoms with van der Waals surface area (Å²) in [7, 11) is 1.42. The van der Waals surface area contributed by atoms with Crippen LogP contribution in [0.15, 0.2) is 16.7 Å². The highest BCUT2D eigenvalue weighted by Gasteiger charge is 2.39. The molecule has 0 unspecified atom stereocenters. The predicted molar refractivity (Wildman–Crippen MR) is 77.7 cm³/mol. The maximum absolute atomic E-state index is 14.4. The van der Waals surface area contributed by atoms with E-state index >= 15 is 0 Å². The molecule has 0 aliphatic heterocycles. The van der Waals surface area contributed by atoms with E-state index in [1.54, 1.807) is 0 Å². The van der Waals surface area contributed by atoms with Crippen LogP contribution < -0.4 is 5.32 Å². The average molecular weight is 376 g/mol. The maximum atomic E-state index is 14.4. The van der Waals surface area contributed by atoms with E-state index in [0.29, 0.717) is 0 Å². The van der Waals surface area contributed by atoms with Gasteiger partial charge in [-0.15, -0.1) is 0 Å². The molecule has 11 heteroatoms. The zero-order valence-electron chi connectivity index (χ0n) is 13.4. The number of carbonyl (C=O) groups excluding carboxylic acids is 1. The molecule has 0 saturated heterocycles. The van der Waals surface area contributed by atoms with Crippen molar-refractivity contribution >= 4 is 6.03 Å². The molecule has 1 aromatic heterocycles. The third-order valence-electron chi connectivity index (χ3n) is 3.87. The van der Waals surface area contributed by atoms with E-state index < -0.39 is 41.1 Å². The van der Waals surface area contributed by atoms with Gasteiger partial charge in [0.2, 0.25) is 5.82 Å². The minimum Gasteiger partial charge on any atom is -0.341 e. The van der Waals surface area contributed by atoms with Gasteiger partial charge in [-0.1, -0.05) is 11.2 Å². The fourth-order valence-electron chi connectivity index (χ4n) is 2.41. The van der Waals surface area contributed by atoms with Crippen LogP contribution in [-0.2, 0) is 12.7 Å². The number of hydrogen-bond acceptors (Lipinski definition) is 4. The lowest BCUT2D eigenvalue weighted by Gasteiger charge is -2.22. The van der Waals surface area contributed by atoms with Gasteiger partial charge in [-0.3, -0.25) is 0 Å². The average Bonchev–Trinajstić information content (AvgIpc) is 3.30. The zero-order chi connectivity index (χ0) is 19.1. The lowest BCUT2D eigenvalue weighted by Crippen LogP contribution is -2.39. The number of carbonyl (C=O) groups is 1. The summed E-state index contributed by atoms with van der Waals surface area (Å²) in [6, 6.07) is 1.75. The predicted octanol–water partition coefficient (Wildman–Crippen LogP) is 3.34.